The molecule has 0 aliphatic carbocycles. The van der Waals surface area contributed by atoms with Gasteiger partial charge < -0.3 is 9.47 Å². The molecule has 8 heteroatoms. The molecule has 1 aromatic rings. The summed E-state index contributed by atoms with van der Waals surface area (Å²) in [5.41, 5.74) is 0.236. The summed E-state index contributed by atoms with van der Waals surface area (Å²) in [5.74, 6) is -1.28. The Morgan fingerprint density at radius 3 is 2.84 bits per heavy atom. The van der Waals surface area contributed by atoms with Gasteiger partial charge in [0.25, 0.3) is 0 Å². The maximum absolute atomic E-state index is 11.6. The second-order valence-electron chi connectivity index (χ2n) is 3.41. The number of carbonyl (C=O) groups is 1. The summed E-state index contributed by atoms with van der Waals surface area (Å²) in [6, 6.07) is 7.84. The number of methoxy groups -OCH3 is 1. The zero-order valence-corrected chi connectivity index (χ0v) is 10.9. The van der Waals surface area contributed by atoms with Crippen LogP contribution in [0.1, 0.15) is 0 Å². The average Bonchev–Trinajstić information content (AvgIpc) is 2.35. The molecule has 0 aliphatic heterocycles. The second kappa shape index (κ2) is 6.61. The van der Waals surface area contributed by atoms with Crippen molar-refractivity contribution in [1.82, 2.24) is 0 Å². The van der Waals surface area contributed by atoms with Crippen LogP contribution in [0, 0.1) is 11.3 Å². The minimum Gasteiger partial charge on any atom is -0.479 e. The van der Waals surface area contributed by atoms with Crippen LogP contribution in [-0.2, 0) is 19.6 Å². The van der Waals surface area contributed by atoms with Gasteiger partial charge in [-0.3, -0.25) is 9.52 Å². The van der Waals surface area contributed by atoms with E-state index in [0.29, 0.717) is 5.75 Å². The van der Waals surface area contributed by atoms with Crippen molar-refractivity contribution in [1.29, 1.82) is 5.26 Å². The van der Waals surface area contributed by atoms with E-state index in [4.69, 9.17) is 10.00 Å². The molecule has 1 rings (SSSR count). The Labute approximate surface area is 110 Å². The summed E-state index contributed by atoms with van der Waals surface area (Å²) >= 11 is 0. The van der Waals surface area contributed by atoms with Gasteiger partial charge in [0.1, 0.15) is 11.8 Å². The monoisotopic (exact) mass is 284 g/mol. The third-order valence-corrected chi connectivity index (χ3v) is 3.11. The Morgan fingerprint density at radius 2 is 2.21 bits per heavy atom. The van der Waals surface area contributed by atoms with Gasteiger partial charge in [0.15, 0.2) is 12.4 Å². The fraction of sp³-hybridized carbons (Fsp3) is 0.273. The average molecular weight is 284 g/mol. The lowest BCUT2D eigenvalue weighted by atomic mass is 10.3. The molecule has 0 atom stereocenters. The molecular formula is C11H12N2O5S. The van der Waals surface area contributed by atoms with E-state index in [2.05, 4.69) is 9.46 Å². The van der Waals surface area contributed by atoms with E-state index in [9.17, 15) is 13.2 Å². The minimum atomic E-state index is -3.83. The smallest absolute Gasteiger partial charge is 0.322 e. The Balaban J connectivity index is 2.76. The van der Waals surface area contributed by atoms with E-state index in [0.717, 1.165) is 7.11 Å². The van der Waals surface area contributed by atoms with E-state index in [1.807, 2.05) is 0 Å². The van der Waals surface area contributed by atoms with Crippen LogP contribution in [0.15, 0.2) is 24.3 Å². The van der Waals surface area contributed by atoms with Crippen molar-refractivity contribution in [3.8, 4) is 11.8 Å². The number of nitrogens with zero attached hydrogens (tertiary/aromatic N) is 1. The predicted octanol–water partition coefficient (Wildman–Crippen LogP) is 0.504. The highest BCUT2D eigenvalue weighted by molar-refractivity contribution is 7.93. The molecule has 0 fully saturated rings. The van der Waals surface area contributed by atoms with Crippen LogP contribution in [0.5, 0.6) is 5.75 Å². The zero-order valence-electron chi connectivity index (χ0n) is 10.1. The van der Waals surface area contributed by atoms with Gasteiger partial charge >= 0.3 is 5.97 Å². The van der Waals surface area contributed by atoms with Crippen LogP contribution < -0.4 is 9.46 Å². The topological polar surface area (TPSA) is 105 Å². The molecule has 0 amide bonds. The summed E-state index contributed by atoms with van der Waals surface area (Å²) in [6.45, 7) is -0.141. The summed E-state index contributed by atoms with van der Waals surface area (Å²) < 4.78 is 34.7. The lowest BCUT2D eigenvalue weighted by Crippen LogP contribution is -2.23. The molecular weight excluding hydrogens is 272 g/mol. The first-order chi connectivity index (χ1) is 8.96. The zero-order chi connectivity index (χ0) is 14.3. The highest BCUT2D eigenvalue weighted by atomic mass is 32.2. The number of nitriles is 1. The quantitative estimate of drug-likeness (QED) is 0.763. The van der Waals surface area contributed by atoms with Crippen molar-refractivity contribution in [3.63, 3.8) is 0 Å². The van der Waals surface area contributed by atoms with E-state index in [1.165, 1.54) is 12.1 Å². The van der Waals surface area contributed by atoms with Crippen LogP contribution >= 0.6 is 0 Å². The maximum Gasteiger partial charge on any atom is 0.322 e. The Bertz CT molecular complexity index is 591. The molecule has 0 saturated carbocycles. The number of benzene rings is 1. The molecule has 0 radical (unpaired) electrons. The van der Waals surface area contributed by atoms with E-state index < -0.39 is 21.7 Å². The van der Waals surface area contributed by atoms with Crippen molar-refractivity contribution >= 4 is 21.7 Å². The summed E-state index contributed by atoms with van der Waals surface area (Å²) in [7, 11) is -2.72. The molecule has 0 bridgehead atoms. The van der Waals surface area contributed by atoms with Crippen molar-refractivity contribution < 1.29 is 22.7 Å². The Hall–Kier alpha value is -2.27. The summed E-state index contributed by atoms with van der Waals surface area (Å²) in [4.78, 5) is 10.9. The van der Waals surface area contributed by atoms with Gasteiger partial charge in [-0.1, -0.05) is 6.07 Å². The molecule has 7 nitrogen and oxygen atoms in total. The van der Waals surface area contributed by atoms with E-state index in [1.54, 1.807) is 18.2 Å². The molecule has 0 saturated heterocycles. The number of rotatable bonds is 6. The molecule has 102 valence electrons. The first kappa shape index (κ1) is 14.8. The molecule has 0 aliphatic rings. The molecule has 0 unspecified atom stereocenters. The Kier molecular flexibility index (Phi) is 5.14. The van der Waals surface area contributed by atoms with Gasteiger partial charge in [-0.05, 0) is 12.1 Å². The fourth-order valence-electron chi connectivity index (χ4n) is 1.19. The number of carbonyl (C=O) groups excluding carboxylic acids is 1. The number of sulfonamides is 1. The number of hydrogen-bond acceptors (Lipinski definition) is 6. The van der Waals surface area contributed by atoms with Crippen LogP contribution in [0.4, 0.5) is 5.69 Å². The molecule has 0 aromatic heterocycles. The molecule has 0 spiro atoms. The van der Waals surface area contributed by atoms with E-state index in [-0.39, 0.29) is 12.3 Å². The predicted molar refractivity (Wildman–Crippen MR) is 67.0 cm³/mol. The molecule has 1 N–H and O–H groups in total. The van der Waals surface area contributed by atoms with Gasteiger partial charge in [0, 0.05) is 6.07 Å². The van der Waals surface area contributed by atoms with Crippen LogP contribution in [0.2, 0.25) is 0 Å². The normalized spacial score (nSPS) is 10.3. The second-order valence-corrected chi connectivity index (χ2v) is 5.13. The van der Waals surface area contributed by atoms with Gasteiger partial charge in [-0.15, -0.1) is 0 Å². The lowest BCUT2D eigenvalue weighted by Gasteiger charge is -2.08. The summed E-state index contributed by atoms with van der Waals surface area (Å²) in [5, 5.41) is 8.37. The number of nitrogens with one attached hydrogen (secondary N) is 1. The van der Waals surface area contributed by atoms with Crippen molar-refractivity contribution in [3.05, 3.63) is 24.3 Å². The van der Waals surface area contributed by atoms with Crippen molar-refractivity contribution in [2.24, 2.45) is 0 Å². The minimum absolute atomic E-state index is 0.141. The van der Waals surface area contributed by atoms with Crippen LogP contribution in [0.25, 0.3) is 0 Å². The van der Waals surface area contributed by atoms with Crippen LogP contribution in [0.3, 0.4) is 0 Å². The molecule has 0 heterocycles. The van der Waals surface area contributed by atoms with Crippen LogP contribution in [-0.4, -0.2) is 33.9 Å². The van der Waals surface area contributed by atoms with Gasteiger partial charge in [-0.25, -0.2) is 8.42 Å². The first-order valence-electron chi connectivity index (χ1n) is 5.14. The van der Waals surface area contributed by atoms with Gasteiger partial charge in [-0.2, -0.15) is 5.26 Å². The number of anilines is 1. The first-order valence-corrected chi connectivity index (χ1v) is 6.79. The fourth-order valence-corrected chi connectivity index (χ4v) is 2.18. The highest BCUT2D eigenvalue weighted by Gasteiger charge is 2.16. The summed E-state index contributed by atoms with van der Waals surface area (Å²) in [6.07, 6.45) is 0. The number of esters is 1. The molecule has 19 heavy (non-hydrogen) atoms. The number of hydrogen-bond donors (Lipinski definition) is 1. The van der Waals surface area contributed by atoms with E-state index >= 15 is 0 Å². The van der Waals surface area contributed by atoms with Gasteiger partial charge in [0.05, 0.1) is 12.8 Å². The van der Waals surface area contributed by atoms with Crippen molar-refractivity contribution in [2.45, 2.75) is 0 Å². The Morgan fingerprint density at radius 1 is 1.47 bits per heavy atom. The highest BCUT2D eigenvalue weighted by Crippen LogP contribution is 2.18. The van der Waals surface area contributed by atoms with Gasteiger partial charge in [0.2, 0.25) is 10.0 Å². The SMILES string of the molecule is COC(=O)CS(=O)(=O)Nc1cccc(OCC#N)c1. The number of ether oxygens (including phenoxy) is 2. The maximum atomic E-state index is 11.6. The third kappa shape index (κ3) is 5.27. The third-order valence-electron chi connectivity index (χ3n) is 1.95. The standard InChI is InChI=1S/C11H12N2O5S/c1-17-11(14)8-19(15,16)13-9-3-2-4-10(7-9)18-6-5-12/h2-4,7,13H,6,8H2,1H3. The lowest BCUT2D eigenvalue weighted by molar-refractivity contribution is -0.137. The largest absolute Gasteiger partial charge is 0.479 e. The van der Waals surface area contributed by atoms with Crippen molar-refractivity contribution in [2.75, 3.05) is 24.2 Å². The molecule has 1 aromatic carbocycles.